The van der Waals surface area contributed by atoms with Gasteiger partial charge in [0, 0.05) is 19.0 Å². The quantitative estimate of drug-likeness (QED) is 0.181. The molecule has 4 aromatic carbocycles. The Balaban J connectivity index is 1.80. The molecule has 46 heavy (non-hydrogen) atoms. The van der Waals surface area contributed by atoms with Crippen molar-refractivity contribution in [3.05, 3.63) is 125 Å². The maximum Gasteiger partial charge on any atom is 0.264 e. The van der Waals surface area contributed by atoms with Crippen LogP contribution in [-0.4, -0.2) is 50.9 Å². The molecule has 4 aromatic rings. The van der Waals surface area contributed by atoms with Gasteiger partial charge in [0.2, 0.25) is 11.8 Å². The molecule has 8 nitrogen and oxygen atoms in total. The molecular formula is C37H43N3O5S. The number of hydrogen-bond donors (Lipinski definition) is 1. The van der Waals surface area contributed by atoms with Crippen LogP contribution in [0.2, 0.25) is 0 Å². The van der Waals surface area contributed by atoms with Crippen LogP contribution < -0.4 is 14.4 Å². The molecule has 0 aliphatic rings. The van der Waals surface area contributed by atoms with Crippen LogP contribution in [0.4, 0.5) is 5.69 Å². The summed E-state index contributed by atoms with van der Waals surface area (Å²) in [6.45, 7) is 7.40. The molecule has 0 fully saturated rings. The van der Waals surface area contributed by atoms with Crippen molar-refractivity contribution in [2.45, 2.75) is 64.1 Å². The van der Waals surface area contributed by atoms with Gasteiger partial charge in [-0.2, -0.15) is 0 Å². The number of carbonyl (C=O) groups is 2. The summed E-state index contributed by atoms with van der Waals surface area (Å²) in [7, 11) is -2.69. The van der Waals surface area contributed by atoms with Crippen LogP contribution in [0, 0.1) is 13.8 Å². The SMILES string of the molecule is CC[C@@H](C)NC(=O)[C@@H](Cc1ccccc1)N(Cc1ccc(C)cc1)C(=O)CN(c1ccc(C)cc1)S(=O)(=O)c1ccc(OC)cc1. The molecule has 0 bridgehead atoms. The van der Waals surface area contributed by atoms with E-state index in [2.05, 4.69) is 5.32 Å². The molecule has 0 heterocycles. The van der Waals surface area contributed by atoms with E-state index >= 15 is 0 Å². The van der Waals surface area contributed by atoms with Crippen molar-refractivity contribution in [2.24, 2.45) is 0 Å². The van der Waals surface area contributed by atoms with E-state index in [4.69, 9.17) is 4.74 Å². The van der Waals surface area contributed by atoms with Crippen molar-refractivity contribution in [3.63, 3.8) is 0 Å². The number of hydrogen-bond acceptors (Lipinski definition) is 5. The number of sulfonamides is 1. The number of anilines is 1. The number of ether oxygens (including phenoxy) is 1. The zero-order valence-electron chi connectivity index (χ0n) is 27.1. The number of methoxy groups -OCH3 is 1. The molecule has 0 radical (unpaired) electrons. The number of nitrogens with zero attached hydrogens (tertiary/aromatic N) is 2. The highest BCUT2D eigenvalue weighted by Gasteiger charge is 2.35. The van der Waals surface area contributed by atoms with Crippen LogP contribution in [0.25, 0.3) is 0 Å². The van der Waals surface area contributed by atoms with E-state index in [-0.39, 0.29) is 29.8 Å². The van der Waals surface area contributed by atoms with Crippen molar-refractivity contribution in [1.82, 2.24) is 10.2 Å². The van der Waals surface area contributed by atoms with E-state index in [1.165, 1.54) is 24.1 Å². The molecule has 242 valence electrons. The van der Waals surface area contributed by atoms with Crippen molar-refractivity contribution in [3.8, 4) is 5.75 Å². The normalized spacial score (nSPS) is 12.5. The predicted molar refractivity (Wildman–Crippen MR) is 182 cm³/mol. The Bertz CT molecular complexity index is 1690. The third-order valence-corrected chi connectivity index (χ3v) is 9.78. The Morgan fingerprint density at radius 2 is 1.39 bits per heavy atom. The van der Waals surface area contributed by atoms with Crippen LogP contribution in [-0.2, 0) is 32.6 Å². The van der Waals surface area contributed by atoms with Gasteiger partial charge in [-0.3, -0.25) is 13.9 Å². The lowest BCUT2D eigenvalue weighted by atomic mass is 10.0. The second-order valence-corrected chi connectivity index (χ2v) is 13.4. The average Bonchev–Trinajstić information content (AvgIpc) is 3.06. The molecular weight excluding hydrogens is 598 g/mol. The summed E-state index contributed by atoms with van der Waals surface area (Å²) in [6, 6.07) is 29.3. The average molecular weight is 642 g/mol. The smallest absolute Gasteiger partial charge is 0.264 e. The Hall–Kier alpha value is -4.63. The zero-order chi connectivity index (χ0) is 33.3. The van der Waals surface area contributed by atoms with Crippen molar-refractivity contribution in [1.29, 1.82) is 0 Å². The Kier molecular flexibility index (Phi) is 11.6. The number of rotatable bonds is 14. The highest BCUT2D eigenvalue weighted by Crippen LogP contribution is 2.27. The van der Waals surface area contributed by atoms with Gasteiger partial charge in [0.15, 0.2) is 0 Å². The lowest BCUT2D eigenvalue weighted by Gasteiger charge is -2.34. The first kappa shape index (κ1) is 34.2. The Morgan fingerprint density at radius 3 is 1.96 bits per heavy atom. The first-order chi connectivity index (χ1) is 22.0. The summed E-state index contributed by atoms with van der Waals surface area (Å²) in [5.41, 5.74) is 4.06. The molecule has 9 heteroatoms. The molecule has 1 N–H and O–H groups in total. The second kappa shape index (κ2) is 15.6. The minimum Gasteiger partial charge on any atom is -0.497 e. The third-order valence-electron chi connectivity index (χ3n) is 7.99. The van der Waals surface area contributed by atoms with Crippen LogP contribution in [0.5, 0.6) is 5.75 Å². The Morgan fingerprint density at radius 1 is 0.804 bits per heavy atom. The highest BCUT2D eigenvalue weighted by molar-refractivity contribution is 7.92. The molecule has 0 saturated heterocycles. The molecule has 0 unspecified atom stereocenters. The largest absolute Gasteiger partial charge is 0.497 e. The zero-order valence-corrected chi connectivity index (χ0v) is 28.0. The topological polar surface area (TPSA) is 96.0 Å². The van der Waals surface area contributed by atoms with E-state index in [9.17, 15) is 18.0 Å². The molecule has 4 rings (SSSR count). The first-order valence-electron chi connectivity index (χ1n) is 15.4. The van der Waals surface area contributed by atoms with Gasteiger partial charge in [0.1, 0.15) is 18.3 Å². The van der Waals surface area contributed by atoms with Gasteiger partial charge in [-0.25, -0.2) is 8.42 Å². The molecule has 0 aliphatic carbocycles. The van der Waals surface area contributed by atoms with E-state index in [1.807, 2.05) is 82.3 Å². The van der Waals surface area contributed by atoms with Crippen molar-refractivity contribution >= 4 is 27.5 Å². The summed E-state index contributed by atoms with van der Waals surface area (Å²) in [4.78, 5) is 30.0. The van der Waals surface area contributed by atoms with Gasteiger partial charge >= 0.3 is 0 Å². The van der Waals surface area contributed by atoms with Crippen LogP contribution >= 0.6 is 0 Å². The van der Waals surface area contributed by atoms with Crippen LogP contribution in [0.1, 0.15) is 42.5 Å². The monoisotopic (exact) mass is 641 g/mol. The van der Waals surface area contributed by atoms with Crippen molar-refractivity contribution in [2.75, 3.05) is 18.0 Å². The number of benzene rings is 4. The summed E-state index contributed by atoms with van der Waals surface area (Å²) in [6.07, 6.45) is 0.980. The van der Waals surface area contributed by atoms with Gasteiger partial charge in [-0.15, -0.1) is 0 Å². The molecule has 0 aliphatic heterocycles. The third kappa shape index (κ3) is 8.75. The van der Waals surface area contributed by atoms with Gasteiger partial charge in [0.05, 0.1) is 17.7 Å². The van der Waals surface area contributed by atoms with Gasteiger partial charge in [-0.1, -0.05) is 84.8 Å². The Labute approximate surface area is 273 Å². The minimum absolute atomic E-state index is 0.0158. The fraction of sp³-hybridized carbons (Fsp3) is 0.297. The highest BCUT2D eigenvalue weighted by atomic mass is 32.2. The standard InChI is InChI=1S/C37H43N3O5S/c1-6-29(4)38-37(42)35(24-30-10-8-7-9-11-30)39(25-31-16-12-27(2)13-17-31)36(41)26-40(32-18-14-28(3)15-19-32)46(43,44)34-22-20-33(45-5)21-23-34/h7-23,29,35H,6,24-26H2,1-5H3,(H,38,42)/t29-,35-/m1/s1. The maximum absolute atomic E-state index is 14.6. The molecule has 0 spiro atoms. The van der Waals surface area contributed by atoms with E-state index in [0.29, 0.717) is 11.4 Å². The van der Waals surface area contributed by atoms with Crippen LogP contribution in [0.15, 0.2) is 108 Å². The maximum atomic E-state index is 14.6. The minimum atomic E-state index is -4.20. The van der Waals surface area contributed by atoms with Crippen molar-refractivity contribution < 1.29 is 22.7 Å². The summed E-state index contributed by atoms with van der Waals surface area (Å²) in [5, 5.41) is 3.06. The molecule has 0 saturated carbocycles. The predicted octanol–water partition coefficient (Wildman–Crippen LogP) is 6.06. The number of nitrogens with one attached hydrogen (secondary N) is 1. The van der Waals surface area contributed by atoms with E-state index in [0.717, 1.165) is 33.0 Å². The van der Waals surface area contributed by atoms with Crippen LogP contribution in [0.3, 0.4) is 0 Å². The lowest BCUT2D eigenvalue weighted by molar-refractivity contribution is -0.140. The van der Waals surface area contributed by atoms with Gasteiger partial charge in [-0.05, 0) is 74.7 Å². The summed E-state index contributed by atoms with van der Waals surface area (Å²) >= 11 is 0. The molecule has 2 atom stereocenters. The van der Waals surface area contributed by atoms with Gasteiger partial charge in [0.25, 0.3) is 10.0 Å². The molecule has 2 amide bonds. The number of aryl methyl sites for hydroxylation is 2. The lowest BCUT2D eigenvalue weighted by Crippen LogP contribution is -2.54. The second-order valence-electron chi connectivity index (χ2n) is 11.6. The summed E-state index contributed by atoms with van der Waals surface area (Å²) in [5.74, 6) is -0.283. The van der Waals surface area contributed by atoms with Gasteiger partial charge < -0.3 is 15.0 Å². The fourth-order valence-corrected chi connectivity index (χ4v) is 6.41. The van der Waals surface area contributed by atoms with E-state index < -0.39 is 28.5 Å². The number of carbonyl (C=O) groups excluding carboxylic acids is 2. The summed E-state index contributed by atoms with van der Waals surface area (Å²) < 4.78 is 34.7. The molecule has 0 aromatic heterocycles. The fourth-order valence-electron chi connectivity index (χ4n) is 5.00. The van der Waals surface area contributed by atoms with E-state index in [1.54, 1.807) is 36.4 Å². The number of amides is 2. The first-order valence-corrected chi connectivity index (χ1v) is 16.9.